The third kappa shape index (κ3) is 2.77. The van der Waals surface area contributed by atoms with E-state index >= 15 is 0 Å². The summed E-state index contributed by atoms with van der Waals surface area (Å²) in [5, 5.41) is 3.08. The number of benzene rings is 1. The van der Waals surface area contributed by atoms with Gasteiger partial charge in [-0.05, 0) is 24.3 Å². The summed E-state index contributed by atoms with van der Waals surface area (Å²) in [6, 6.07) is 12.5. The number of fused-ring (bicyclic) bond motifs is 1. The highest BCUT2D eigenvalue weighted by atomic mass is 32.1. The van der Waals surface area contributed by atoms with Crippen LogP contribution in [0.2, 0.25) is 0 Å². The molecule has 4 rings (SSSR count). The average molecular weight is 334 g/mol. The fraction of sp³-hybridized carbons (Fsp3) is 0.0588. The van der Waals surface area contributed by atoms with Crippen LogP contribution in [-0.2, 0) is 0 Å². The summed E-state index contributed by atoms with van der Waals surface area (Å²) in [6.07, 6.45) is 3.23. The van der Waals surface area contributed by atoms with Crippen molar-refractivity contribution in [3.05, 3.63) is 54.3 Å². The summed E-state index contributed by atoms with van der Waals surface area (Å²) in [6.45, 7) is 0. The molecule has 7 heteroatoms. The molecule has 24 heavy (non-hydrogen) atoms. The second-order valence-corrected chi connectivity index (χ2v) is 5.80. The minimum absolute atomic E-state index is 0.447. The van der Waals surface area contributed by atoms with Gasteiger partial charge in [-0.3, -0.25) is 0 Å². The summed E-state index contributed by atoms with van der Waals surface area (Å²) in [7, 11) is 1.60. The van der Waals surface area contributed by atoms with Crippen molar-refractivity contribution in [3.63, 3.8) is 0 Å². The lowest BCUT2D eigenvalue weighted by atomic mass is 10.1. The number of anilines is 2. The second-order valence-electron chi connectivity index (χ2n) is 4.91. The van der Waals surface area contributed by atoms with Gasteiger partial charge in [-0.15, -0.1) is 11.3 Å². The molecule has 1 radical (unpaired) electrons. The zero-order chi connectivity index (χ0) is 16.4. The molecule has 0 aliphatic rings. The molecule has 4 aromatic rings. The Morgan fingerprint density at radius 3 is 2.96 bits per heavy atom. The standard InChI is InChI=1S/C17H12N5OS/c1-23-13-9-19-17(21-15-4-2-3-7-18-15)22-16(13)11-5-6-14-12(8-11)20-10-24-14/h2,4-10H,1H3,(H,18,19,21,22). The van der Waals surface area contributed by atoms with Gasteiger partial charge in [0.2, 0.25) is 5.95 Å². The molecule has 0 fully saturated rings. The van der Waals surface area contributed by atoms with Gasteiger partial charge in [-0.1, -0.05) is 6.07 Å². The van der Waals surface area contributed by atoms with Crippen LogP contribution in [0.25, 0.3) is 21.5 Å². The minimum Gasteiger partial charge on any atom is -0.493 e. The Morgan fingerprint density at radius 2 is 2.12 bits per heavy atom. The van der Waals surface area contributed by atoms with Crippen LogP contribution >= 0.6 is 11.3 Å². The van der Waals surface area contributed by atoms with Crippen molar-refractivity contribution in [3.8, 4) is 17.0 Å². The molecule has 0 saturated heterocycles. The highest BCUT2D eigenvalue weighted by Gasteiger charge is 2.12. The summed E-state index contributed by atoms with van der Waals surface area (Å²) in [5.74, 6) is 1.70. The Kier molecular flexibility index (Phi) is 3.76. The summed E-state index contributed by atoms with van der Waals surface area (Å²) in [4.78, 5) is 17.4. The second kappa shape index (κ2) is 6.21. The van der Waals surface area contributed by atoms with Gasteiger partial charge in [0, 0.05) is 17.8 Å². The van der Waals surface area contributed by atoms with Crippen LogP contribution in [-0.4, -0.2) is 27.0 Å². The van der Waals surface area contributed by atoms with Gasteiger partial charge >= 0.3 is 0 Å². The maximum atomic E-state index is 5.41. The molecule has 0 aliphatic heterocycles. The molecule has 0 atom stereocenters. The van der Waals surface area contributed by atoms with E-state index in [1.54, 1.807) is 43.0 Å². The largest absolute Gasteiger partial charge is 0.493 e. The Balaban J connectivity index is 1.76. The fourth-order valence-electron chi connectivity index (χ4n) is 2.30. The van der Waals surface area contributed by atoms with Gasteiger partial charge in [0.15, 0.2) is 5.75 Å². The third-order valence-corrected chi connectivity index (χ3v) is 4.24. The number of hydrogen-bond donors (Lipinski definition) is 1. The molecule has 117 valence electrons. The van der Waals surface area contributed by atoms with Crippen LogP contribution in [0.4, 0.5) is 11.8 Å². The van der Waals surface area contributed by atoms with Crippen molar-refractivity contribution in [2.75, 3.05) is 12.4 Å². The van der Waals surface area contributed by atoms with Crippen molar-refractivity contribution in [2.45, 2.75) is 0 Å². The van der Waals surface area contributed by atoms with Crippen LogP contribution < -0.4 is 10.1 Å². The van der Waals surface area contributed by atoms with E-state index < -0.39 is 0 Å². The number of pyridine rings is 1. The minimum atomic E-state index is 0.447. The molecule has 1 N–H and O–H groups in total. The van der Waals surface area contributed by atoms with Crippen molar-refractivity contribution in [1.29, 1.82) is 0 Å². The van der Waals surface area contributed by atoms with E-state index in [2.05, 4.69) is 31.3 Å². The first kappa shape index (κ1) is 14.5. The van der Waals surface area contributed by atoms with Crippen LogP contribution in [0.5, 0.6) is 5.75 Å². The monoisotopic (exact) mass is 334 g/mol. The molecule has 1 aromatic carbocycles. The van der Waals surface area contributed by atoms with Crippen molar-refractivity contribution >= 4 is 33.3 Å². The Bertz CT molecular complexity index is 987. The number of methoxy groups -OCH3 is 1. The van der Waals surface area contributed by atoms with E-state index in [-0.39, 0.29) is 0 Å². The molecule has 0 aliphatic carbocycles. The Morgan fingerprint density at radius 1 is 1.17 bits per heavy atom. The number of ether oxygens (including phenoxy) is 1. The van der Waals surface area contributed by atoms with E-state index in [0.29, 0.717) is 23.2 Å². The van der Waals surface area contributed by atoms with E-state index in [4.69, 9.17) is 4.74 Å². The number of thiazole rings is 1. The Hall–Kier alpha value is -3.06. The molecule has 6 nitrogen and oxygen atoms in total. The van der Waals surface area contributed by atoms with Crippen molar-refractivity contribution < 1.29 is 4.74 Å². The number of aromatic nitrogens is 4. The predicted octanol–water partition coefficient (Wildman–Crippen LogP) is 3.70. The first-order valence-corrected chi connectivity index (χ1v) is 8.05. The lowest BCUT2D eigenvalue weighted by Crippen LogP contribution is -2.01. The molecule has 0 saturated carbocycles. The molecular formula is C17H12N5OS. The van der Waals surface area contributed by atoms with E-state index in [1.807, 2.05) is 23.7 Å². The van der Waals surface area contributed by atoms with E-state index in [0.717, 1.165) is 15.8 Å². The van der Waals surface area contributed by atoms with Crippen LogP contribution in [0.3, 0.4) is 0 Å². The SMILES string of the molecule is COc1cnc(Nc2cc[c]cn2)nc1-c1ccc2scnc2c1. The normalized spacial score (nSPS) is 10.7. The first-order valence-electron chi connectivity index (χ1n) is 7.17. The van der Waals surface area contributed by atoms with Crippen molar-refractivity contribution in [1.82, 2.24) is 19.9 Å². The number of rotatable bonds is 4. The summed E-state index contributed by atoms with van der Waals surface area (Å²) < 4.78 is 6.54. The van der Waals surface area contributed by atoms with E-state index in [9.17, 15) is 0 Å². The summed E-state index contributed by atoms with van der Waals surface area (Å²) in [5.41, 5.74) is 4.39. The topological polar surface area (TPSA) is 72.8 Å². The molecule has 0 amide bonds. The van der Waals surface area contributed by atoms with Gasteiger partial charge in [0.05, 0.1) is 29.0 Å². The molecule has 0 bridgehead atoms. The van der Waals surface area contributed by atoms with Gasteiger partial charge in [0.1, 0.15) is 11.5 Å². The molecule has 3 heterocycles. The van der Waals surface area contributed by atoms with Crippen LogP contribution in [0, 0.1) is 6.07 Å². The summed E-state index contributed by atoms with van der Waals surface area (Å²) >= 11 is 1.61. The van der Waals surface area contributed by atoms with Crippen LogP contribution in [0.1, 0.15) is 0 Å². The van der Waals surface area contributed by atoms with Crippen LogP contribution in [0.15, 0.2) is 48.2 Å². The number of nitrogens with zero attached hydrogens (tertiary/aromatic N) is 4. The van der Waals surface area contributed by atoms with Gasteiger partial charge < -0.3 is 10.1 Å². The number of hydrogen-bond acceptors (Lipinski definition) is 7. The quantitative estimate of drug-likeness (QED) is 0.613. The maximum Gasteiger partial charge on any atom is 0.229 e. The predicted molar refractivity (Wildman–Crippen MR) is 93.6 cm³/mol. The molecular weight excluding hydrogens is 322 g/mol. The highest BCUT2D eigenvalue weighted by Crippen LogP contribution is 2.31. The van der Waals surface area contributed by atoms with Gasteiger partial charge in [-0.2, -0.15) is 0 Å². The lowest BCUT2D eigenvalue weighted by molar-refractivity contribution is 0.413. The van der Waals surface area contributed by atoms with Crippen molar-refractivity contribution in [2.24, 2.45) is 0 Å². The van der Waals surface area contributed by atoms with E-state index in [1.165, 1.54) is 0 Å². The number of nitrogens with one attached hydrogen (secondary N) is 1. The van der Waals surface area contributed by atoms with Gasteiger partial charge in [-0.25, -0.2) is 19.9 Å². The maximum absolute atomic E-state index is 5.41. The fourth-order valence-corrected chi connectivity index (χ4v) is 2.96. The van der Waals surface area contributed by atoms with Gasteiger partial charge in [0.25, 0.3) is 0 Å². The molecule has 3 aromatic heterocycles. The smallest absolute Gasteiger partial charge is 0.229 e. The Labute approximate surface area is 142 Å². The third-order valence-electron chi connectivity index (χ3n) is 3.43. The first-order chi connectivity index (χ1) is 11.8. The zero-order valence-electron chi connectivity index (χ0n) is 12.7. The average Bonchev–Trinajstić information content (AvgIpc) is 3.10. The molecule has 0 unspecified atom stereocenters. The zero-order valence-corrected chi connectivity index (χ0v) is 13.5. The highest BCUT2D eigenvalue weighted by molar-refractivity contribution is 7.16. The molecule has 0 spiro atoms. The lowest BCUT2D eigenvalue weighted by Gasteiger charge is -2.10.